The van der Waals surface area contributed by atoms with Gasteiger partial charge in [-0.2, -0.15) is 0 Å². The summed E-state index contributed by atoms with van der Waals surface area (Å²) in [7, 11) is -1.78. The van der Waals surface area contributed by atoms with Crippen LogP contribution in [0.25, 0.3) is 0 Å². The fourth-order valence-electron chi connectivity index (χ4n) is 5.05. The molecular formula is C29H33Cl2N3O4S. The third kappa shape index (κ3) is 6.62. The standard InChI is InChI=1S/C29H33Cl2N3O4S/c1-19-23(30)6-4-8-28(19)39(35,36)33-26-16-22-5-3-7-25(22)32-29(26)38-18-21-9-10-24(31)27(15-21)37-17-20-11-13-34(2)14-12-20/h4,6,8-10,15-16,20,33H,3,5,7,11-14,17-18H2,1-2H3. The van der Waals surface area contributed by atoms with Crippen LogP contribution in [0, 0.1) is 12.8 Å². The predicted molar refractivity (Wildman–Crippen MR) is 155 cm³/mol. The molecule has 0 atom stereocenters. The Balaban J connectivity index is 1.33. The summed E-state index contributed by atoms with van der Waals surface area (Å²) in [5.74, 6) is 1.37. The summed E-state index contributed by atoms with van der Waals surface area (Å²) in [6, 6.07) is 12.2. The molecule has 1 aromatic heterocycles. The van der Waals surface area contributed by atoms with Gasteiger partial charge in [0.15, 0.2) is 0 Å². The molecule has 0 bridgehead atoms. The highest BCUT2D eigenvalue weighted by Crippen LogP contribution is 2.34. The highest BCUT2D eigenvalue weighted by molar-refractivity contribution is 7.92. The summed E-state index contributed by atoms with van der Waals surface area (Å²) in [6.45, 7) is 4.64. The molecule has 7 nitrogen and oxygen atoms in total. The first-order valence-corrected chi connectivity index (χ1v) is 15.5. The molecule has 0 radical (unpaired) electrons. The van der Waals surface area contributed by atoms with Gasteiger partial charge in [-0.15, -0.1) is 0 Å². The van der Waals surface area contributed by atoms with Crippen LogP contribution in [0.1, 0.15) is 41.6 Å². The van der Waals surface area contributed by atoms with Crippen molar-refractivity contribution in [3.63, 3.8) is 0 Å². The molecule has 1 N–H and O–H groups in total. The number of pyridine rings is 1. The molecule has 10 heteroatoms. The minimum absolute atomic E-state index is 0.116. The van der Waals surface area contributed by atoms with E-state index in [-0.39, 0.29) is 17.4 Å². The Morgan fingerprint density at radius 3 is 2.64 bits per heavy atom. The average molecular weight is 591 g/mol. The second-order valence-electron chi connectivity index (χ2n) is 10.4. The molecule has 1 saturated heterocycles. The van der Waals surface area contributed by atoms with E-state index in [1.807, 2.05) is 18.2 Å². The maximum Gasteiger partial charge on any atom is 0.262 e. The number of hydrogen-bond acceptors (Lipinski definition) is 6. The van der Waals surface area contributed by atoms with Crippen LogP contribution in [-0.4, -0.2) is 45.0 Å². The van der Waals surface area contributed by atoms with Crippen molar-refractivity contribution in [3.8, 4) is 11.6 Å². The number of aromatic nitrogens is 1. The van der Waals surface area contributed by atoms with Crippen molar-refractivity contribution in [1.29, 1.82) is 0 Å². The third-order valence-electron chi connectivity index (χ3n) is 7.45. The smallest absolute Gasteiger partial charge is 0.262 e. The largest absolute Gasteiger partial charge is 0.492 e. The minimum Gasteiger partial charge on any atom is -0.492 e. The summed E-state index contributed by atoms with van der Waals surface area (Å²) < 4.78 is 41.5. The zero-order valence-electron chi connectivity index (χ0n) is 22.2. The first-order valence-electron chi connectivity index (χ1n) is 13.2. The zero-order valence-corrected chi connectivity index (χ0v) is 24.5. The van der Waals surface area contributed by atoms with Gasteiger partial charge in [0.05, 0.1) is 16.5 Å². The van der Waals surface area contributed by atoms with E-state index in [0.717, 1.165) is 62.0 Å². The lowest BCUT2D eigenvalue weighted by atomic mass is 9.98. The Morgan fingerprint density at radius 2 is 1.85 bits per heavy atom. The number of nitrogens with zero attached hydrogens (tertiary/aromatic N) is 2. The van der Waals surface area contributed by atoms with Crippen LogP contribution in [0.5, 0.6) is 11.6 Å². The van der Waals surface area contributed by atoms with Crippen molar-refractivity contribution < 1.29 is 17.9 Å². The quantitative estimate of drug-likeness (QED) is 0.316. The number of rotatable bonds is 9. The second kappa shape index (κ2) is 11.9. The van der Waals surface area contributed by atoms with Crippen LogP contribution in [0.4, 0.5) is 5.69 Å². The number of anilines is 1. The van der Waals surface area contributed by atoms with Gasteiger partial charge in [0.2, 0.25) is 5.88 Å². The molecule has 1 aliphatic heterocycles. The van der Waals surface area contributed by atoms with Gasteiger partial charge in [0, 0.05) is 10.7 Å². The molecule has 39 heavy (non-hydrogen) atoms. The Bertz CT molecular complexity index is 1460. The van der Waals surface area contributed by atoms with Crippen LogP contribution in [0.2, 0.25) is 10.0 Å². The van der Waals surface area contributed by atoms with E-state index in [1.54, 1.807) is 25.1 Å². The number of likely N-dealkylation sites (tertiary alicyclic amines) is 1. The fraction of sp³-hybridized carbons (Fsp3) is 0.414. The molecule has 0 amide bonds. The van der Waals surface area contributed by atoms with Crippen LogP contribution in [0.3, 0.4) is 0 Å². The van der Waals surface area contributed by atoms with Crippen molar-refractivity contribution >= 4 is 38.9 Å². The number of hydrogen-bond donors (Lipinski definition) is 1. The molecule has 0 saturated carbocycles. The zero-order chi connectivity index (χ0) is 27.6. The van der Waals surface area contributed by atoms with E-state index in [9.17, 15) is 8.42 Å². The predicted octanol–water partition coefficient (Wildman–Crippen LogP) is 6.29. The number of aryl methyl sites for hydroxylation is 2. The van der Waals surface area contributed by atoms with Crippen LogP contribution in [-0.2, 0) is 29.5 Å². The monoisotopic (exact) mass is 589 g/mol. The normalized spacial score (nSPS) is 16.2. The lowest BCUT2D eigenvalue weighted by Gasteiger charge is -2.28. The van der Waals surface area contributed by atoms with Crippen molar-refractivity contribution in [2.75, 3.05) is 31.5 Å². The maximum atomic E-state index is 13.3. The number of piperidine rings is 1. The number of fused-ring (bicyclic) bond motifs is 1. The summed E-state index contributed by atoms with van der Waals surface area (Å²) in [4.78, 5) is 7.14. The van der Waals surface area contributed by atoms with E-state index in [2.05, 4.69) is 16.7 Å². The van der Waals surface area contributed by atoms with Crippen molar-refractivity contribution in [1.82, 2.24) is 9.88 Å². The molecule has 1 aliphatic carbocycles. The van der Waals surface area contributed by atoms with Gasteiger partial charge in [-0.05, 0) is 112 Å². The number of nitrogens with one attached hydrogen (secondary N) is 1. The van der Waals surface area contributed by atoms with Gasteiger partial charge >= 0.3 is 0 Å². The van der Waals surface area contributed by atoms with Crippen LogP contribution in [0.15, 0.2) is 47.4 Å². The molecule has 3 aromatic rings. The van der Waals surface area contributed by atoms with Gasteiger partial charge in [0.1, 0.15) is 18.0 Å². The Morgan fingerprint density at radius 1 is 1.05 bits per heavy atom. The molecule has 2 aromatic carbocycles. The Kier molecular flexibility index (Phi) is 8.57. The summed E-state index contributed by atoms with van der Waals surface area (Å²) in [5, 5.41) is 0.936. The number of benzene rings is 2. The second-order valence-corrected chi connectivity index (χ2v) is 12.8. The number of sulfonamides is 1. The molecule has 0 spiro atoms. The average Bonchev–Trinajstić information content (AvgIpc) is 3.36. The van der Waals surface area contributed by atoms with Crippen molar-refractivity contribution in [2.24, 2.45) is 5.92 Å². The van der Waals surface area contributed by atoms with E-state index in [0.29, 0.717) is 39.6 Å². The Labute approximate surface area is 240 Å². The highest BCUT2D eigenvalue weighted by atomic mass is 35.5. The molecule has 208 valence electrons. The SMILES string of the molecule is Cc1c(Cl)cccc1S(=O)(=O)Nc1cc2c(nc1OCc1ccc(Cl)c(OCC3CCN(C)CC3)c1)CCC2. The fourth-order valence-corrected chi connectivity index (χ4v) is 6.77. The molecule has 0 unspecified atom stereocenters. The van der Waals surface area contributed by atoms with E-state index >= 15 is 0 Å². The first kappa shape index (κ1) is 28.0. The van der Waals surface area contributed by atoms with Crippen molar-refractivity contribution in [2.45, 2.75) is 50.5 Å². The van der Waals surface area contributed by atoms with Gasteiger partial charge in [-0.25, -0.2) is 13.4 Å². The molecule has 1 fully saturated rings. The van der Waals surface area contributed by atoms with Gasteiger partial charge in [-0.1, -0.05) is 35.3 Å². The van der Waals surface area contributed by atoms with E-state index < -0.39 is 10.0 Å². The Hall–Kier alpha value is -2.52. The van der Waals surface area contributed by atoms with E-state index in [1.165, 1.54) is 6.07 Å². The topological polar surface area (TPSA) is 80.8 Å². The molecule has 2 aliphatic rings. The lowest BCUT2D eigenvalue weighted by molar-refractivity contribution is 0.160. The summed E-state index contributed by atoms with van der Waals surface area (Å²) >= 11 is 12.6. The number of halogens is 2. The highest BCUT2D eigenvalue weighted by Gasteiger charge is 2.24. The van der Waals surface area contributed by atoms with Gasteiger partial charge in [-0.3, -0.25) is 4.72 Å². The van der Waals surface area contributed by atoms with Gasteiger partial charge in [0.25, 0.3) is 10.0 Å². The lowest BCUT2D eigenvalue weighted by Crippen LogP contribution is -2.32. The molecule has 2 heterocycles. The number of ether oxygens (including phenoxy) is 2. The third-order valence-corrected chi connectivity index (χ3v) is 9.68. The maximum absolute atomic E-state index is 13.3. The summed E-state index contributed by atoms with van der Waals surface area (Å²) in [5.41, 5.74) is 3.60. The van der Waals surface area contributed by atoms with Crippen molar-refractivity contribution in [3.05, 3.63) is 74.9 Å². The van der Waals surface area contributed by atoms with Crippen LogP contribution >= 0.6 is 23.2 Å². The molecular weight excluding hydrogens is 557 g/mol. The van der Waals surface area contributed by atoms with E-state index in [4.69, 9.17) is 37.7 Å². The van der Waals surface area contributed by atoms with Gasteiger partial charge < -0.3 is 14.4 Å². The van der Waals surface area contributed by atoms with Crippen LogP contribution < -0.4 is 14.2 Å². The first-order chi connectivity index (χ1) is 18.7. The minimum atomic E-state index is -3.92. The molecule has 5 rings (SSSR count). The summed E-state index contributed by atoms with van der Waals surface area (Å²) in [6.07, 6.45) is 4.87.